The summed E-state index contributed by atoms with van der Waals surface area (Å²) in [6, 6.07) is 7.17. The Hall–Kier alpha value is -3.06. The van der Waals surface area contributed by atoms with Gasteiger partial charge >= 0.3 is 11.9 Å². The maximum Gasteiger partial charge on any atom is 0.337 e. The zero-order valence-electron chi connectivity index (χ0n) is 13.0. The van der Waals surface area contributed by atoms with Gasteiger partial charge in [0.25, 0.3) is 0 Å². The number of aromatic nitrogens is 1. The van der Waals surface area contributed by atoms with E-state index in [0.717, 1.165) is 0 Å². The Balaban J connectivity index is 2.49. The molecule has 7 heteroatoms. The fourth-order valence-corrected chi connectivity index (χ4v) is 3.34. The Morgan fingerprint density at radius 2 is 1.76 bits per heavy atom. The third kappa shape index (κ3) is 2.89. The van der Waals surface area contributed by atoms with E-state index in [-0.39, 0.29) is 33.5 Å². The number of aryl methyl sites for hydroxylation is 1. The molecule has 1 heterocycles. The maximum absolute atomic E-state index is 14.3. The van der Waals surface area contributed by atoms with Crippen LogP contribution in [0.1, 0.15) is 26.3 Å². The molecule has 2 N–H and O–H groups in total. The fourth-order valence-electron chi connectivity index (χ4n) is 2.80. The lowest BCUT2D eigenvalue weighted by atomic mass is 9.87. The zero-order valence-corrected chi connectivity index (χ0v) is 13.8. The second-order valence-electron chi connectivity index (χ2n) is 5.33. The Labute approximate surface area is 146 Å². The average Bonchev–Trinajstić information content (AvgIpc) is 3.07. The number of thiazole rings is 1. The van der Waals surface area contributed by atoms with Gasteiger partial charge in [0.2, 0.25) is 0 Å². The SMILES string of the molecule is Cc1cc(-c2ccccc2F)c(C(=O)O)c(-c2cscn2)c1C(=O)O. The standard InChI is InChI=1S/C18H12FNO4S/c1-9-6-11(10-4-2-3-5-12(10)19)15(18(23)24)16(14(9)17(21)22)13-7-25-8-20-13/h2-8H,1H3,(H,21,22)(H,23,24). The first-order valence-electron chi connectivity index (χ1n) is 7.19. The summed E-state index contributed by atoms with van der Waals surface area (Å²) >= 11 is 1.21. The van der Waals surface area contributed by atoms with Gasteiger partial charge in [0.05, 0.1) is 22.3 Å². The van der Waals surface area contributed by atoms with Crippen LogP contribution in [0.4, 0.5) is 4.39 Å². The molecule has 3 rings (SSSR count). The summed E-state index contributed by atoms with van der Waals surface area (Å²) in [4.78, 5) is 27.8. The van der Waals surface area contributed by atoms with Crippen molar-refractivity contribution >= 4 is 23.3 Å². The van der Waals surface area contributed by atoms with Gasteiger partial charge in [0, 0.05) is 22.1 Å². The van der Waals surface area contributed by atoms with Gasteiger partial charge in [-0.25, -0.2) is 19.0 Å². The summed E-state index contributed by atoms with van der Waals surface area (Å²) in [5, 5.41) is 20.9. The molecule has 0 radical (unpaired) electrons. The van der Waals surface area contributed by atoms with E-state index in [1.807, 2.05) is 0 Å². The number of rotatable bonds is 4. The summed E-state index contributed by atoms with van der Waals surface area (Å²) in [5.74, 6) is -3.19. The largest absolute Gasteiger partial charge is 0.478 e. The van der Waals surface area contributed by atoms with Gasteiger partial charge < -0.3 is 10.2 Å². The normalized spacial score (nSPS) is 10.6. The van der Waals surface area contributed by atoms with Crippen LogP contribution in [0.2, 0.25) is 0 Å². The number of benzene rings is 2. The maximum atomic E-state index is 14.3. The minimum absolute atomic E-state index is 0.0143. The van der Waals surface area contributed by atoms with Crippen LogP contribution in [-0.2, 0) is 0 Å². The molecule has 5 nitrogen and oxygen atoms in total. The van der Waals surface area contributed by atoms with Crippen LogP contribution in [0.25, 0.3) is 22.4 Å². The van der Waals surface area contributed by atoms with Crippen LogP contribution in [0.5, 0.6) is 0 Å². The van der Waals surface area contributed by atoms with Gasteiger partial charge in [-0.1, -0.05) is 18.2 Å². The van der Waals surface area contributed by atoms with Crippen LogP contribution in [-0.4, -0.2) is 27.1 Å². The molecule has 1 aromatic heterocycles. The minimum Gasteiger partial charge on any atom is -0.478 e. The van der Waals surface area contributed by atoms with E-state index in [4.69, 9.17) is 0 Å². The molecule has 0 bridgehead atoms. The summed E-state index contributed by atoms with van der Waals surface area (Å²) in [5.41, 5.74) is 1.83. The van der Waals surface area contributed by atoms with Crippen molar-refractivity contribution in [1.82, 2.24) is 4.98 Å². The molecule has 2 aromatic carbocycles. The van der Waals surface area contributed by atoms with E-state index in [0.29, 0.717) is 5.56 Å². The number of halogens is 1. The fraction of sp³-hybridized carbons (Fsp3) is 0.0556. The Morgan fingerprint density at radius 1 is 1.08 bits per heavy atom. The first kappa shape index (κ1) is 16.8. The Kier molecular flexibility index (Phi) is 4.33. The lowest BCUT2D eigenvalue weighted by Gasteiger charge is -2.16. The predicted molar refractivity (Wildman–Crippen MR) is 91.6 cm³/mol. The van der Waals surface area contributed by atoms with E-state index in [2.05, 4.69) is 4.98 Å². The van der Waals surface area contributed by atoms with Crippen molar-refractivity contribution in [1.29, 1.82) is 0 Å². The molecule has 3 aromatic rings. The lowest BCUT2D eigenvalue weighted by molar-refractivity contribution is 0.0695. The van der Waals surface area contributed by atoms with Crippen molar-refractivity contribution in [2.75, 3.05) is 0 Å². The van der Waals surface area contributed by atoms with Gasteiger partial charge in [-0.05, 0) is 24.6 Å². The summed E-state index contributed by atoms with van der Waals surface area (Å²) in [6.45, 7) is 1.55. The molecular formula is C18H12FNO4S. The van der Waals surface area contributed by atoms with Crippen molar-refractivity contribution < 1.29 is 24.2 Å². The van der Waals surface area contributed by atoms with Crippen molar-refractivity contribution in [2.24, 2.45) is 0 Å². The van der Waals surface area contributed by atoms with Gasteiger partial charge in [-0.3, -0.25) is 0 Å². The minimum atomic E-state index is -1.34. The molecule has 25 heavy (non-hydrogen) atoms. The highest BCUT2D eigenvalue weighted by atomic mass is 32.1. The molecule has 0 fully saturated rings. The van der Waals surface area contributed by atoms with Crippen molar-refractivity contribution in [3.8, 4) is 22.4 Å². The van der Waals surface area contributed by atoms with Crippen molar-refractivity contribution in [2.45, 2.75) is 6.92 Å². The number of hydrogen-bond donors (Lipinski definition) is 2. The van der Waals surface area contributed by atoms with Crippen LogP contribution < -0.4 is 0 Å². The summed E-state index contributed by atoms with van der Waals surface area (Å²) in [7, 11) is 0. The first-order valence-corrected chi connectivity index (χ1v) is 8.13. The smallest absolute Gasteiger partial charge is 0.337 e. The van der Waals surface area contributed by atoms with E-state index < -0.39 is 17.8 Å². The molecule has 0 unspecified atom stereocenters. The molecule has 0 aliphatic carbocycles. The first-order chi connectivity index (χ1) is 11.9. The highest BCUT2D eigenvalue weighted by molar-refractivity contribution is 7.07. The van der Waals surface area contributed by atoms with Gasteiger partial charge in [-0.15, -0.1) is 11.3 Å². The number of carboxylic acids is 2. The number of carbonyl (C=O) groups is 2. The van der Waals surface area contributed by atoms with E-state index in [1.165, 1.54) is 41.1 Å². The highest BCUT2D eigenvalue weighted by Crippen LogP contribution is 2.38. The number of hydrogen-bond acceptors (Lipinski definition) is 4. The Bertz CT molecular complexity index is 983. The predicted octanol–water partition coefficient (Wildman–Crippen LogP) is 4.32. The summed E-state index contributed by atoms with van der Waals surface area (Å²) < 4.78 is 14.3. The second-order valence-corrected chi connectivity index (χ2v) is 6.05. The average molecular weight is 357 g/mol. The molecule has 126 valence electrons. The van der Waals surface area contributed by atoms with Gasteiger partial charge in [0.1, 0.15) is 5.82 Å². The number of aromatic carboxylic acids is 2. The second kappa shape index (κ2) is 6.45. The Morgan fingerprint density at radius 3 is 2.32 bits per heavy atom. The van der Waals surface area contributed by atoms with Crippen LogP contribution in [0, 0.1) is 12.7 Å². The number of nitrogens with zero attached hydrogens (tertiary/aromatic N) is 1. The van der Waals surface area contributed by atoms with E-state index >= 15 is 0 Å². The van der Waals surface area contributed by atoms with Crippen LogP contribution in [0.3, 0.4) is 0 Å². The van der Waals surface area contributed by atoms with Gasteiger partial charge in [0.15, 0.2) is 0 Å². The molecule has 0 aliphatic heterocycles. The van der Waals surface area contributed by atoms with E-state index in [1.54, 1.807) is 18.4 Å². The lowest BCUT2D eigenvalue weighted by Crippen LogP contribution is -2.11. The quantitative estimate of drug-likeness (QED) is 0.726. The van der Waals surface area contributed by atoms with Crippen LogP contribution in [0.15, 0.2) is 41.2 Å². The molecule has 0 aliphatic rings. The monoisotopic (exact) mass is 357 g/mol. The van der Waals surface area contributed by atoms with Crippen LogP contribution >= 0.6 is 11.3 Å². The third-order valence-electron chi connectivity index (χ3n) is 3.80. The molecule has 0 spiro atoms. The third-order valence-corrected chi connectivity index (χ3v) is 4.39. The molecular weight excluding hydrogens is 345 g/mol. The van der Waals surface area contributed by atoms with Crippen molar-refractivity contribution in [3.05, 3.63) is 63.7 Å². The molecule has 0 saturated heterocycles. The van der Waals surface area contributed by atoms with E-state index in [9.17, 15) is 24.2 Å². The topological polar surface area (TPSA) is 87.5 Å². The zero-order chi connectivity index (χ0) is 18.1. The highest BCUT2D eigenvalue weighted by Gasteiger charge is 2.28. The summed E-state index contributed by atoms with van der Waals surface area (Å²) in [6.07, 6.45) is 0. The number of carboxylic acid groups (broad SMARTS) is 2. The molecule has 0 amide bonds. The molecule has 0 saturated carbocycles. The molecule has 0 atom stereocenters. The van der Waals surface area contributed by atoms with Gasteiger partial charge in [-0.2, -0.15) is 0 Å². The van der Waals surface area contributed by atoms with Crippen molar-refractivity contribution in [3.63, 3.8) is 0 Å².